The van der Waals surface area contributed by atoms with E-state index in [2.05, 4.69) is 30.6 Å². The summed E-state index contributed by atoms with van der Waals surface area (Å²) in [6, 6.07) is 7.67. The van der Waals surface area contributed by atoms with E-state index in [0.717, 1.165) is 49.0 Å². The first-order valence-electron chi connectivity index (χ1n) is 9.85. The van der Waals surface area contributed by atoms with Gasteiger partial charge in [-0.2, -0.15) is 5.10 Å². The quantitative estimate of drug-likeness (QED) is 0.731. The Labute approximate surface area is 163 Å². The summed E-state index contributed by atoms with van der Waals surface area (Å²) in [7, 11) is 0. The molecule has 1 atom stereocenters. The van der Waals surface area contributed by atoms with Crippen LogP contribution in [-0.4, -0.2) is 50.3 Å². The average Bonchev–Trinajstić information content (AvgIpc) is 3.25. The zero-order valence-electron chi connectivity index (χ0n) is 15.9. The summed E-state index contributed by atoms with van der Waals surface area (Å²) in [5, 5.41) is 20.2. The van der Waals surface area contributed by atoms with Crippen LogP contribution in [0.5, 0.6) is 0 Å². The van der Waals surface area contributed by atoms with Crippen molar-refractivity contribution in [2.75, 3.05) is 24.5 Å². The van der Waals surface area contributed by atoms with Gasteiger partial charge in [0.1, 0.15) is 5.82 Å². The third kappa shape index (κ3) is 3.30. The van der Waals surface area contributed by atoms with E-state index >= 15 is 0 Å². The van der Waals surface area contributed by atoms with Gasteiger partial charge < -0.3 is 10.2 Å². The summed E-state index contributed by atoms with van der Waals surface area (Å²) >= 11 is 0. The molecule has 0 radical (unpaired) electrons. The smallest absolute Gasteiger partial charge is 0.252 e. The van der Waals surface area contributed by atoms with Gasteiger partial charge in [-0.15, -0.1) is 15.3 Å². The van der Waals surface area contributed by atoms with Crippen LogP contribution in [-0.2, 0) is 0 Å². The van der Waals surface area contributed by atoms with Crippen LogP contribution in [0.2, 0.25) is 0 Å². The van der Waals surface area contributed by atoms with Crippen molar-refractivity contribution in [3.05, 3.63) is 47.5 Å². The molecule has 1 saturated heterocycles. The number of hydrogen-bond acceptors (Lipinski definition) is 6. The summed E-state index contributed by atoms with van der Waals surface area (Å²) in [6.07, 6.45) is 5.27. The van der Waals surface area contributed by atoms with Gasteiger partial charge in [0.25, 0.3) is 5.91 Å². The molecule has 3 aromatic heterocycles. The first-order chi connectivity index (χ1) is 13.7. The summed E-state index contributed by atoms with van der Waals surface area (Å²) < 4.78 is 1.96. The Morgan fingerprint density at radius 2 is 2.00 bits per heavy atom. The first kappa shape index (κ1) is 17.1. The molecule has 1 amide bonds. The van der Waals surface area contributed by atoms with Crippen LogP contribution in [0.15, 0.2) is 30.5 Å². The van der Waals surface area contributed by atoms with E-state index in [1.165, 1.54) is 12.8 Å². The van der Waals surface area contributed by atoms with Crippen LogP contribution >= 0.6 is 0 Å². The zero-order valence-corrected chi connectivity index (χ0v) is 15.9. The van der Waals surface area contributed by atoms with Crippen molar-refractivity contribution in [2.24, 2.45) is 5.92 Å². The third-order valence-electron chi connectivity index (χ3n) is 5.60. The van der Waals surface area contributed by atoms with Crippen LogP contribution in [0.1, 0.15) is 47.1 Å². The molecule has 28 heavy (non-hydrogen) atoms. The Kier molecular flexibility index (Phi) is 4.18. The highest BCUT2D eigenvalue weighted by Crippen LogP contribution is 2.29. The fourth-order valence-electron chi connectivity index (χ4n) is 3.72. The largest absolute Gasteiger partial charge is 0.354 e. The SMILES string of the molecule is Cc1ccc(N2CC[C@H](c3nnc4ccc(C(=O)NCC5CC5)cn34)C2)nn1. The predicted molar refractivity (Wildman–Crippen MR) is 104 cm³/mol. The molecule has 5 rings (SSSR count). The zero-order chi connectivity index (χ0) is 19.1. The van der Waals surface area contributed by atoms with Gasteiger partial charge in [-0.3, -0.25) is 9.20 Å². The van der Waals surface area contributed by atoms with Gasteiger partial charge in [-0.25, -0.2) is 0 Å². The van der Waals surface area contributed by atoms with Gasteiger partial charge in [0.15, 0.2) is 11.5 Å². The summed E-state index contributed by atoms with van der Waals surface area (Å²) in [5.74, 6) is 2.66. The van der Waals surface area contributed by atoms with Gasteiger partial charge >= 0.3 is 0 Å². The van der Waals surface area contributed by atoms with Crippen molar-refractivity contribution in [3.63, 3.8) is 0 Å². The molecule has 1 aliphatic carbocycles. The summed E-state index contributed by atoms with van der Waals surface area (Å²) in [6.45, 7) is 4.42. The number of nitrogens with zero attached hydrogens (tertiary/aromatic N) is 6. The molecule has 1 saturated carbocycles. The number of fused-ring (bicyclic) bond motifs is 1. The molecule has 1 N–H and O–H groups in total. The maximum Gasteiger partial charge on any atom is 0.252 e. The van der Waals surface area contributed by atoms with Crippen molar-refractivity contribution in [1.29, 1.82) is 0 Å². The fraction of sp³-hybridized carbons (Fsp3) is 0.450. The minimum absolute atomic E-state index is 0.0311. The number of rotatable bonds is 5. The third-order valence-corrected chi connectivity index (χ3v) is 5.60. The van der Waals surface area contributed by atoms with Gasteiger partial charge in [0.05, 0.1) is 11.3 Å². The molecule has 4 heterocycles. The second kappa shape index (κ2) is 6.85. The van der Waals surface area contributed by atoms with E-state index in [0.29, 0.717) is 11.5 Å². The minimum atomic E-state index is -0.0311. The number of carbonyl (C=O) groups excluding carboxylic acids is 1. The van der Waals surface area contributed by atoms with Crippen LogP contribution < -0.4 is 10.2 Å². The number of hydrogen-bond donors (Lipinski definition) is 1. The number of aromatic nitrogens is 5. The van der Waals surface area contributed by atoms with E-state index in [9.17, 15) is 4.79 Å². The predicted octanol–water partition coefficient (Wildman–Crippen LogP) is 1.96. The minimum Gasteiger partial charge on any atom is -0.354 e. The molecule has 144 valence electrons. The maximum absolute atomic E-state index is 12.5. The topological polar surface area (TPSA) is 88.3 Å². The molecule has 0 spiro atoms. The first-order valence-corrected chi connectivity index (χ1v) is 9.85. The molecule has 0 unspecified atom stereocenters. The molecule has 8 heteroatoms. The summed E-state index contributed by atoms with van der Waals surface area (Å²) in [4.78, 5) is 14.7. The lowest BCUT2D eigenvalue weighted by molar-refractivity contribution is 0.0951. The Bertz CT molecular complexity index is 1010. The highest BCUT2D eigenvalue weighted by Gasteiger charge is 2.29. The summed E-state index contributed by atoms with van der Waals surface area (Å²) in [5.41, 5.74) is 2.33. The normalized spacial score (nSPS) is 19.3. The van der Waals surface area contributed by atoms with Crippen molar-refractivity contribution < 1.29 is 4.79 Å². The Morgan fingerprint density at radius 3 is 2.79 bits per heavy atom. The highest BCUT2D eigenvalue weighted by molar-refractivity contribution is 5.94. The molecule has 0 bridgehead atoms. The number of anilines is 1. The van der Waals surface area contributed by atoms with Crippen molar-refractivity contribution in [3.8, 4) is 0 Å². The van der Waals surface area contributed by atoms with Crippen molar-refractivity contribution in [2.45, 2.75) is 32.1 Å². The molecule has 8 nitrogen and oxygen atoms in total. The van der Waals surface area contributed by atoms with Gasteiger partial charge in [0.2, 0.25) is 0 Å². The second-order valence-electron chi connectivity index (χ2n) is 7.82. The van der Waals surface area contributed by atoms with Gasteiger partial charge in [-0.05, 0) is 56.4 Å². The molecule has 0 aromatic carbocycles. The Hall–Kier alpha value is -3.03. The van der Waals surface area contributed by atoms with E-state index in [-0.39, 0.29) is 11.8 Å². The van der Waals surface area contributed by atoms with Gasteiger partial charge in [0, 0.05) is 31.7 Å². The second-order valence-corrected chi connectivity index (χ2v) is 7.82. The van der Waals surface area contributed by atoms with E-state index in [4.69, 9.17) is 0 Å². The molecule has 3 aromatic rings. The van der Waals surface area contributed by atoms with Crippen LogP contribution in [0, 0.1) is 12.8 Å². The van der Waals surface area contributed by atoms with E-state index < -0.39 is 0 Å². The fourth-order valence-corrected chi connectivity index (χ4v) is 3.72. The molecule has 1 aliphatic heterocycles. The Balaban J connectivity index is 1.36. The monoisotopic (exact) mass is 377 g/mol. The number of aryl methyl sites for hydroxylation is 1. The average molecular weight is 377 g/mol. The van der Waals surface area contributed by atoms with Crippen LogP contribution in [0.3, 0.4) is 0 Å². The number of amides is 1. The lowest BCUT2D eigenvalue weighted by Crippen LogP contribution is -2.25. The molecular formula is C20H23N7O. The van der Waals surface area contributed by atoms with Crippen LogP contribution in [0.25, 0.3) is 5.65 Å². The maximum atomic E-state index is 12.5. The van der Waals surface area contributed by atoms with Crippen molar-refractivity contribution in [1.82, 2.24) is 30.1 Å². The standard InChI is InChI=1S/C20H23N7O/c1-13-2-6-17(23-22-13)26-9-8-15(11-26)19-25-24-18-7-5-16(12-27(18)19)20(28)21-10-14-3-4-14/h2,5-7,12,14-15H,3-4,8-11H2,1H3,(H,21,28)/t15-/m0/s1. The number of nitrogens with one attached hydrogen (secondary N) is 1. The van der Waals surface area contributed by atoms with Crippen molar-refractivity contribution >= 4 is 17.4 Å². The Morgan fingerprint density at radius 1 is 1.11 bits per heavy atom. The molecule has 2 fully saturated rings. The number of pyridine rings is 1. The van der Waals surface area contributed by atoms with E-state index in [1.54, 1.807) is 0 Å². The van der Waals surface area contributed by atoms with Gasteiger partial charge in [-0.1, -0.05) is 0 Å². The van der Waals surface area contributed by atoms with Crippen LogP contribution in [0.4, 0.5) is 5.82 Å². The van der Waals surface area contributed by atoms with E-state index in [1.807, 2.05) is 41.8 Å². The lowest BCUT2D eigenvalue weighted by Gasteiger charge is -2.16. The lowest BCUT2D eigenvalue weighted by atomic mass is 10.1. The number of carbonyl (C=O) groups is 1. The highest BCUT2D eigenvalue weighted by atomic mass is 16.1. The molecule has 2 aliphatic rings. The molecular weight excluding hydrogens is 354 g/mol.